The monoisotopic (exact) mass is 127 g/mol. The summed E-state index contributed by atoms with van der Waals surface area (Å²) in [6, 6.07) is 0.742. The predicted octanol–water partition coefficient (Wildman–Crippen LogP) is 0.121. The van der Waals surface area contributed by atoms with Gasteiger partial charge in [0, 0.05) is 12.6 Å². The molecule has 2 aliphatic heterocycles. The lowest BCUT2D eigenvalue weighted by Gasteiger charge is -2.52. The number of aliphatic hydroxyl groups is 1. The summed E-state index contributed by atoms with van der Waals surface area (Å²) in [6.45, 7) is 1.52. The van der Waals surface area contributed by atoms with Crippen molar-refractivity contribution in [2.24, 2.45) is 5.41 Å². The number of rotatable bonds is 1. The van der Waals surface area contributed by atoms with Gasteiger partial charge in [-0.25, -0.2) is 0 Å². The highest BCUT2D eigenvalue weighted by Crippen LogP contribution is 2.46. The van der Waals surface area contributed by atoms with Crippen molar-refractivity contribution in [3.63, 3.8) is 0 Å². The summed E-state index contributed by atoms with van der Waals surface area (Å²) < 4.78 is 0. The van der Waals surface area contributed by atoms with Gasteiger partial charge in [0.05, 0.1) is 0 Å². The van der Waals surface area contributed by atoms with Crippen molar-refractivity contribution >= 4 is 0 Å². The molecule has 3 rings (SSSR count). The molecular weight excluding hydrogens is 114 g/mol. The van der Waals surface area contributed by atoms with Crippen LogP contribution in [0.1, 0.15) is 19.3 Å². The van der Waals surface area contributed by atoms with E-state index >= 15 is 0 Å². The van der Waals surface area contributed by atoms with Gasteiger partial charge in [0.2, 0.25) is 0 Å². The van der Waals surface area contributed by atoms with Crippen LogP contribution in [0.2, 0.25) is 0 Å². The van der Waals surface area contributed by atoms with Gasteiger partial charge in [0.25, 0.3) is 0 Å². The van der Waals surface area contributed by atoms with Gasteiger partial charge >= 0.3 is 0 Å². The highest BCUT2D eigenvalue weighted by Gasteiger charge is 2.46. The van der Waals surface area contributed by atoms with Crippen LogP contribution in [0.3, 0.4) is 0 Å². The summed E-state index contributed by atoms with van der Waals surface area (Å²) in [5, 5.41) is 12.4. The molecule has 9 heavy (non-hydrogen) atoms. The van der Waals surface area contributed by atoms with Crippen molar-refractivity contribution in [2.45, 2.75) is 25.3 Å². The molecule has 3 fully saturated rings. The van der Waals surface area contributed by atoms with Crippen molar-refractivity contribution < 1.29 is 5.11 Å². The first-order valence-electron chi connectivity index (χ1n) is 3.69. The van der Waals surface area contributed by atoms with E-state index in [4.69, 9.17) is 5.11 Å². The fraction of sp³-hybridized carbons (Fsp3) is 1.00. The summed E-state index contributed by atoms with van der Waals surface area (Å²) in [5.74, 6) is 0. The Morgan fingerprint density at radius 2 is 2.33 bits per heavy atom. The minimum atomic E-state index is 0.357. The molecule has 2 bridgehead atoms. The van der Waals surface area contributed by atoms with E-state index in [0.29, 0.717) is 12.0 Å². The second kappa shape index (κ2) is 1.70. The number of hydrogen-bond donors (Lipinski definition) is 2. The Morgan fingerprint density at radius 3 is 2.67 bits per heavy atom. The molecule has 2 heterocycles. The Bertz CT molecular complexity index is 113. The van der Waals surface area contributed by atoms with Crippen LogP contribution < -0.4 is 5.32 Å². The standard InChI is InChI=1S/C7H13NO/c9-5-7-1-2-8-6(3-7)4-7/h6,8-9H,1-5H2. The number of aliphatic hydroxyl groups excluding tert-OH is 1. The average molecular weight is 127 g/mol. The Labute approximate surface area is 55.3 Å². The minimum Gasteiger partial charge on any atom is -0.396 e. The lowest BCUT2D eigenvalue weighted by atomic mass is 9.61. The predicted molar refractivity (Wildman–Crippen MR) is 35.2 cm³/mol. The summed E-state index contributed by atoms with van der Waals surface area (Å²) in [7, 11) is 0. The number of nitrogens with one attached hydrogen (secondary N) is 1. The zero-order valence-electron chi connectivity index (χ0n) is 5.56. The maximum atomic E-state index is 8.96. The highest BCUT2D eigenvalue weighted by atomic mass is 16.3. The van der Waals surface area contributed by atoms with E-state index < -0.39 is 0 Å². The van der Waals surface area contributed by atoms with E-state index in [0.717, 1.165) is 12.6 Å². The Hall–Kier alpha value is -0.0800. The van der Waals surface area contributed by atoms with Gasteiger partial charge in [0.1, 0.15) is 0 Å². The Morgan fingerprint density at radius 1 is 1.56 bits per heavy atom. The second-order valence-electron chi connectivity index (χ2n) is 3.47. The van der Waals surface area contributed by atoms with E-state index in [-0.39, 0.29) is 0 Å². The molecule has 0 radical (unpaired) electrons. The van der Waals surface area contributed by atoms with E-state index in [1.165, 1.54) is 19.3 Å². The lowest BCUT2D eigenvalue weighted by molar-refractivity contribution is -0.0218. The van der Waals surface area contributed by atoms with Crippen LogP contribution in [0.15, 0.2) is 0 Å². The molecule has 0 spiro atoms. The van der Waals surface area contributed by atoms with Gasteiger partial charge in [-0.15, -0.1) is 0 Å². The zero-order valence-corrected chi connectivity index (χ0v) is 5.56. The fourth-order valence-electron chi connectivity index (χ4n) is 2.08. The largest absolute Gasteiger partial charge is 0.396 e. The van der Waals surface area contributed by atoms with Crippen molar-refractivity contribution in [1.82, 2.24) is 5.32 Å². The number of piperidine rings is 2. The summed E-state index contributed by atoms with van der Waals surface area (Å²) in [5.41, 5.74) is 0.357. The van der Waals surface area contributed by atoms with Crippen LogP contribution in [0.5, 0.6) is 0 Å². The van der Waals surface area contributed by atoms with Crippen molar-refractivity contribution in [3.8, 4) is 0 Å². The normalized spacial score (nSPS) is 48.3. The molecule has 0 aromatic heterocycles. The van der Waals surface area contributed by atoms with Crippen LogP contribution in [0.4, 0.5) is 0 Å². The molecular formula is C7H13NO. The molecule has 3 aliphatic rings. The van der Waals surface area contributed by atoms with Crippen LogP contribution in [-0.2, 0) is 0 Å². The summed E-state index contributed by atoms with van der Waals surface area (Å²) >= 11 is 0. The molecule has 2 nitrogen and oxygen atoms in total. The maximum Gasteiger partial charge on any atom is 0.0489 e. The molecule has 2 saturated heterocycles. The van der Waals surface area contributed by atoms with E-state index in [1.54, 1.807) is 0 Å². The second-order valence-corrected chi connectivity index (χ2v) is 3.47. The highest BCUT2D eigenvalue weighted by molar-refractivity contribution is 5.01. The van der Waals surface area contributed by atoms with Gasteiger partial charge in [-0.1, -0.05) is 0 Å². The van der Waals surface area contributed by atoms with Crippen LogP contribution in [-0.4, -0.2) is 24.3 Å². The lowest BCUT2D eigenvalue weighted by Crippen LogP contribution is -2.57. The molecule has 0 aromatic rings. The topological polar surface area (TPSA) is 32.3 Å². The Balaban J connectivity index is 2.02. The van der Waals surface area contributed by atoms with E-state index in [1.807, 2.05) is 0 Å². The van der Waals surface area contributed by atoms with Crippen LogP contribution in [0.25, 0.3) is 0 Å². The van der Waals surface area contributed by atoms with Crippen LogP contribution in [0, 0.1) is 5.41 Å². The molecule has 2 N–H and O–H groups in total. The summed E-state index contributed by atoms with van der Waals surface area (Å²) in [6.07, 6.45) is 3.60. The van der Waals surface area contributed by atoms with Gasteiger partial charge in [-0.05, 0) is 31.2 Å². The summed E-state index contributed by atoms with van der Waals surface area (Å²) in [4.78, 5) is 0. The van der Waals surface area contributed by atoms with E-state index in [9.17, 15) is 0 Å². The maximum absolute atomic E-state index is 8.96. The van der Waals surface area contributed by atoms with Crippen molar-refractivity contribution in [1.29, 1.82) is 0 Å². The minimum absolute atomic E-state index is 0.357. The van der Waals surface area contributed by atoms with E-state index in [2.05, 4.69) is 5.32 Å². The van der Waals surface area contributed by atoms with Gasteiger partial charge in [-0.2, -0.15) is 0 Å². The molecule has 0 unspecified atom stereocenters. The third-order valence-electron chi connectivity index (χ3n) is 2.78. The molecule has 0 amide bonds. The smallest absolute Gasteiger partial charge is 0.0489 e. The molecule has 2 heteroatoms. The van der Waals surface area contributed by atoms with Crippen molar-refractivity contribution in [2.75, 3.05) is 13.2 Å². The van der Waals surface area contributed by atoms with Crippen molar-refractivity contribution in [3.05, 3.63) is 0 Å². The first-order valence-corrected chi connectivity index (χ1v) is 3.69. The third kappa shape index (κ3) is 0.700. The fourth-order valence-corrected chi connectivity index (χ4v) is 2.08. The first-order chi connectivity index (χ1) is 4.35. The quantitative estimate of drug-likeness (QED) is 0.524. The van der Waals surface area contributed by atoms with Crippen LogP contribution >= 0.6 is 0 Å². The Kier molecular flexibility index (Phi) is 1.08. The van der Waals surface area contributed by atoms with Gasteiger partial charge < -0.3 is 10.4 Å². The number of fused-ring (bicyclic) bond motifs is 2. The molecule has 1 aliphatic carbocycles. The van der Waals surface area contributed by atoms with Gasteiger partial charge in [-0.3, -0.25) is 0 Å². The average Bonchev–Trinajstić information content (AvgIpc) is 1.88. The number of hydrogen-bond acceptors (Lipinski definition) is 2. The van der Waals surface area contributed by atoms with Gasteiger partial charge in [0.15, 0.2) is 0 Å². The molecule has 0 aromatic carbocycles. The molecule has 1 saturated carbocycles. The molecule has 0 atom stereocenters. The first kappa shape index (κ1) is 5.69. The zero-order chi connectivity index (χ0) is 6.32. The third-order valence-corrected chi connectivity index (χ3v) is 2.78. The SMILES string of the molecule is OCC12CCNC(C1)C2. The molecule has 52 valence electrons.